The molecule has 0 aliphatic rings. The molecule has 1 atom stereocenters. The maximum atomic E-state index is 10.4. The van der Waals surface area contributed by atoms with E-state index in [2.05, 4.69) is 15.7 Å². The van der Waals surface area contributed by atoms with Crippen molar-refractivity contribution < 1.29 is 29.4 Å². The summed E-state index contributed by atoms with van der Waals surface area (Å²) in [6, 6.07) is -2.54. The average molecular weight is 302 g/mol. The highest BCUT2D eigenvalue weighted by Gasteiger charge is 2.21. The second-order valence-electron chi connectivity index (χ2n) is 3.52. The number of urea groups is 1. The average Bonchev–Trinajstić information content (AvgIpc) is 2.74. The summed E-state index contributed by atoms with van der Waals surface area (Å²) in [5.74, 6) is -3.21. The van der Waals surface area contributed by atoms with E-state index in [0.717, 1.165) is 0 Å². The fraction of sp³-hybridized carbons (Fsp3) is 0.222. The number of carboxylic acid groups (broad SMARTS) is 2. The standard InChI is InChI=1S/C5H8N2O5.C4H6N4O/c6-5(12)7-2(4(10)11)1-3(8)9;5-3-2(4(6)9)7-1-8-3/h2H,1H2,(H,8,9)(H,10,11)(H3,6,7,12);1H,5H2,(H2,6,9)(H,7,8)/t2-;/m0./s1. The number of amides is 3. The number of anilines is 1. The fourth-order valence-electron chi connectivity index (χ4n) is 1.05. The second kappa shape index (κ2) is 7.98. The van der Waals surface area contributed by atoms with Crippen LogP contribution in [0.5, 0.6) is 0 Å². The number of nitrogens with two attached hydrogens (primary N) is 3. The largest absolute Gasteiger partial charge is 0.481 e. The van der Waals surface area contributed by atoms with Gasteiger partial charge in [0.2, 0.25) is 0 Å². The first-order valence-electron chi connectivity index (χ1n) is 5.24. The van der Waals surface area contributed by atoms with Crippen molar-refractivity contribution in [2.45, 2.75) is 12.5 Å². The molecule has 0 bridgehead atoms. The van der Waals surface area contributed by atoms with Crippen molar-refractivity contribution in [2.24, 2.45) is 11.5 Å². The van der Waals surface area contributed by atoms with E-state index in [-0.39, 0.29) is 11.5 Å². The Hall–Kier alpha value is -3.31. The maximum Gasteiger partial charge on any atom is 0.326 e. The number of aromatic nitrogens is 2. The predicted molar refractivity (Wildman–Crippen MR) is 67.9 cm³/mol. The number of nitrogens with zero attached hydrogens (tertiary/aromatic N) is 1. The number of carboxylic acids is 2. The van der Waals surface area contributed by atoms with Gasteiger partial charge in [0.25, 0.3) is 5.91 Å². The maximum absolute atomic E-state index is 10.4. The summed E-state index contributed by atoms with van der Waals surface area (Å²) in [7, 11) is 0. The van der Waals surface area contributed by atoms with Crippen LogP contribution in [-0.2, 0) is 9.59 Å². The Morgan fingerprint density at radius 1 is 1.29 bits per heavy atom. The summed E-state index contributed by atoms with van der Waals surface area (Å²) >= 11 is 0. The van der Waals surface area contributed by atoms with Gasteiger partial charge < -0.3 is 37.7 Å². The van der Waals surface area contributed by atoms with Gasteiger partial charge in [-0.25, -0.2) is 14.6 Å². The molecule has 3 amide bonds. The first kappa shape index (κ1) is 17.7. The minimum Gasteiger partial charge on any atom is -0.481 e. The van der Waals surface area contributed by atoms with Gasteiger partial charge in [0, 0.05) is 0 Å². The quantitative estimate of drug-likeness (QED) is 0.311. The molecule has 1 rings (SSSR count). The number of aliphatic carboxylic acids is 2. The van der Waals surface area contributed by atoms with Gasteiger partial charge in [0.1, 0.15) is 11.7 Å². The summed E-state index contributed by atoms with van der Waals surface area (Å²) in [5.41, 5.74) is 14.8. The summed E-state index contributed by atoms with van der Waals surface area (Å²) in [5, 5.41) is 18.3. The summed E-state index contributed by atoms with van der Waals surface area (Å²) in [6.07, 6.45) is 0.619. The number of hydrogen-bond donors (Lipinski definition) is 7. The van der Waals surface area contributed by atoms with Gasteiger partial charge in [-0.3, -0.25) is 9.59 Å². The molecule has 21 heavy (non-hydrogen) atoms. The first-order chi connectivity index (χ1) is 9.65. The first-order valence-corrected chi connectivity index (χ1v) is 5.24. The van der Waals surface area contributed by atoms with Gasteiger partial charge in [-0.2, -0.15) is 0 Å². The van der Waals surface area contributed by atoms with E-state index in [9.17, 15) is 19.2 Å². The number of rotatable bonds is 5. The Balaban J connectivity index is 0.000000394. The number of imidazole rings is 1. The van der Waals surface area contributed by atoms with Crippen LogP contribution in [0.25, 0.3) is 0 Å². The van der Waals surface area contributed by atoms with Crippen molar-refractivity contribution in [1.82, 2.24) is 15.3 Å². The van der Waals surface area contributed by atoms with Crippen LogP contribution in [0, 0.1) is 0 Å². The Bertz CT molecular complexity index is 525. The van der Waals surface area contributed by atoms with Gasteiger partial charge in [-0.05, 0) is 0 Å². The van der Waals surface area contributed by atoms with E-state index in [4.69, 9.17) is 21.7 Å². The second-order valence-corrected chi connectivity index (χ2v) is 3.52. The lowest BCUT2D eigenvalue weighted by Crippen LogP contribution is -2.44. The van der Waals surface area contributed by atoms with E-state index in [0.29, 0.717) is 0 Å². The predicted octanol–water partition coefficient (Wildman–Crippen LogP) is -2.33. The number of carbonyl (C=O) groups excluding carboxylic acids is 2. The number of aromatic amines is 1. The molecular weight excluding hydrogens is 288 g/mol. The van der Waals surface area contributed by atoms with E-state index in [1.807, 2.05) is 0 Å². The third kappa shape index (κ3) is 7.00. The van der Waals surface area contributed by atoms with Crippen LogP contribution in [0.1, 0.15) is 16.9 Å². The normalized spacial score (nSPS) is 10.7. The summed E-state index contributed by atoms with van der Waals surface area (Å²) in [4.78, 5) is 46.8. The van der Waals surface area contributed by atoms with E-state index >= 15 is 0 Å². The van der Waals surface area contributed by atoms with E-state index in [1.54, 1.807) is 5.32 Å². The third-order valence-corrected chi connectivity index (χ3v) is 1.91. The molecule has 0 fully saturated rings. The lowest BCUT2D eigenvalue weighted by atomic mass is 10.2. The van der Waals surface area contributed by atoms with Crippen LogP contribution in [0.3, 0.4) is 0 Å². The topological polar surface area (TPSA) is 228 Å². The molecule has 12 nitrogen and oxygen atoms in total. The van der Waals surface area contributed by atoms with E-state index < -0.39 is 36.3 Å². The van der Waals surface area contributed by atoms with Crippen LogP contribution in [0.4, 0.5) is 10.6 Å². The van der Waals surface area contributed by atoms with Crippen LogP contribution < -0.4 is 22.5 Å². The molecule has 0 spiro atoms. The molecule has 1 heterocycles. The zero-order chi connectivity index (χ0) is 16.6. The molecule has 1 aromatic heterocycles. The number of hydrogen-bond acceptors (Lipinski definition) is 6. The molecule has 0 unspecified atom stereocenters. The smallest absolute Gasteiger partial charge is 0.326 e. The lowest BCUT2D eigenvalue weighted by molar-refractivity contribution is -0.145. The number of nitrogens with one attached hydrogen (secondary N) is 2. The van der Waals surface area contributed by atoms with Crippen molar-refractivity contribution in [1.29, 1.82) is 0 Å². The highest BCUT2D eigenvalue weighted by molar-refractivity contribution is 5.95. The van der Waals surface area contributed by atoms with Gasteiger partial charge >= 0.3 is 18.0 Å². The Kier molecular flexibility index (Phi) is 6.72. The van der Waals surface area contributed by atoms with Crippen molar-refractivity contribution in [3.8, 4) is 0 Å². The van der Waals surface area contributed by atoms with Gasteiger partial charge in [-0.15, -0.1) is 0 Å². The van der Waals surface area contributed by atoms with Crippen molar-refractivity contribution >= 4 is 29.7 Å². The Morgan fingerprint density at radius 3 is 2.10 bits per heavy atom. The molecular formula is C9H14N6O6. The number of primary amides is 2. The molecule has 10 N–H and O–H groups in total. The van der Waals surface area contributed by atoms with Crippen LogP contribution >= 0.6 is 0 Å². The van der Waals surface area contributed by atoms with Gasteiger partial charge in [0.15, 0.2) is 5.82 Å². The van der Waals surface area contributed by atoms with Gasteiger partial charge in [0.05, 0.1) is 12.7 Å². The highest BCUT2D eigenvalue weighted by atomic mass is 16.4. The fourth-order valence-corrected chi connectivity index (χ4v) is 1.05. The highest BCUT2D eigenvalue weighted by Crippen LogP contribution is 2.00. The molecule has 0 radical (unpaired) electrons. The molecule has 0 saturated carbocycles. The number of H-pyrrole nitrogens is 1. The van der Waals surface area contributed by atoms with Crippen molar-refractivity contribution in [3.05, 3.63) is 12.0 Å². The minimum absolute atomic E-state index is 0.141. The molecule has 12 heteroatoms. The molecule has 0 aromatic carbocycles. The Morgan fingerprint density at radius 2 is 1.86 bits per heavy atom. The zero-order valence-electron chi connectivity index (χ0n) is 10.6. The van der Waals surface area contributed by atoms with E-state index in [1.165, 1.54) is 6.33 Å². The molecule has 1 aromatic rings. The summed E-state index contributed by atoms with van der Waals surface area (Å²) < 4.78 is 0. The lowest BCUT2D eigenvalue weighted by Gasteiger charge is -2.08. The molecule has 116 valence electrons. The van der Waals surface area contributed by atoms with Crippen molar-refractivity contribution in [3.63, 3.8) is 0 Å². The molecule has 0 aliphatic heterocycles. The van der Waals surface area contributed by atoms with Crippen molar-refractivity contribution in [2.75, 3.05) is 5.73 Å². The summed E-state index contributed by atoms with van der Waals surface area (Å²) in [6.45, 7) is 0. The van der Waals surface area contributed by atoms with Crippen LogP contribution in [-0.4, -0.2) is 50.1 Å². The minimum atomic E-state index is -1.47. The molecule has 0 aliphatic carbocycles. The van der Waals surface area contributed by atoms with Crippen LogP contribution in [0.2, 0.25) is 0 Å². The zero-order valence-corrected chi connectivity index (χ0v) is 10.6. The third-order valence-electron chi connectivity index (χ3n) is 1.91. The number of carbonyl (C=O) groups is 4. The SMILES string of the molecule is NC(=O)N[C@@H](CC(=O)O)C(=O)O.NC(=O)c1[nH]cnc1N. The van der Waals surface area contributed by atoms with Crippen LogP contribution in [0.15, 0.2) is 6.33 Å². The number of nitrogen functional groups attached to an aromatic ring is 1. The molecule has 0 saturated heterocycles. The Labute approximate surface area is 117 Å². The monoisotopic (exact) mass is 302 g/mol. The van der Waals surface area contributed by atoms with Gasteiger partial charge in [-0.1, -0.05) is 0 Å².